The number of benzene rings is 2. The van der Waals surface area contributed by atoms with E-state index < -0.39 is 0 Å². The number of aromatic amines is 1. The second-order valence-corrected chi connectivity index (χ2v) is 7.01. The minimum absolute atomic E-state index is 0.252. The number of thiophene rings is 1. The summed E-state index contributed by atoms with van der Waals surface area (Å²) in [6, 6.07) is 15.2. The third-order valence-electron chi connectivity index (χ3n) is 3.99. The van der Waals surface area contributed by atoms with Crippen LogP contribution in [0.4, 0.5) is 0 Å². The molecule has 0 fully saturated rings. The number of H-pyrrole nitrogens is 1. The molecule has 2 aromatic heterocycles. The Balaban J connectivity index is 1.90. The van der Waals surface area contributed by atoms with E-state index in [1.165, 1.54) is 38.5 Å². The van der Waals surface area contributed by atoms with Crippen LogP contribution in [0, 0.1) is 6.92 Å². The highest BCUT2D eigenvalue weighted by molar-refractivity contribution is 9.09. The molecule has 4 aromatic rings. The second kappa shape index (κ2) is 5.00. The van der Waals surface area contributed by atoms with Crippen LogP contribution in [0.15, 0.2) is 53.2 Å². The van der Waals surface area contributed by atoms with Crippen molar-refractivity contribution in [2.75, 3.05) is 0 Å². The van der Waals surface area contributed by atoms with Crippen molar-refractivity contribution < 1.29 is 0 Å². The fourth-order valence-electron chi connectivity index (χ4n) is 2.83. The van der Waals surface area contributed by atoms with Crippen LogP contribution in [0.1, 0.15) is 21.5 Å². The molecule has 3 heteroatoms. The van der Waals surface area contributed by atoms with Gasteiger partial charge in [-0.1, -0.05) is 40.2 Å². The van der Waals surface area contributed by atoms with Gasteiger partial charge in [-0.15, -0.1) is 0 Å². The van der Waals surface area contributed by atoms with E-state index in [9.17, 15) is 0 Å². The van der Waals surface area contributed by atoms with Crippen molar-refractivity contribution in [3.05, 3.63) is 69.9 Å². The summed E-state index contributed by atoms with van der Waals surface area (Å²) in [6.45, 7) is 2.17. The molecule has 0 saturated heterocycles. The van der Waals surface area contributed by atoms with Gasteiger partial charge in [0.05, 0.1) is 4.83 Å². The van der Waals surface area contributed by atoms with Crippen molar-refractivity contribution in [1.82, 2.24) is 4.98 Å². The Morgan fingerprint density at radius 3 is 2.62 bits per heavy atom. The lowest BCUT2D eigenvalue weighted by atomic mass is 10.0. The summed E-state index contributed by atoms with van der Waals surface area (Å²) >= 11 is 5.62. The summed E-state index contributed by atoms with van der Waals surface area (Å²) in [5.41, 5.74) is 6.40. The zero-order valence-electron chi connectivity index (χ0n) is 11.6. The average molecular weight is 356 g/mol. The second-order valence-electron chi connectivity index (χ2n) is 5.35. The van der Waals surface area contributed by atoms with E-state index in [0.717, 1.165) is 0 Å². The Morgan fingerprint density at radius 1 is 1.00 bits per heavy atom. The molecule has 104 valence electrons. The number of halogens is 1. The van der Waals surface area contributed by atoms with Crippen molar-refractivity contribution in [3.8, 4) is 0 Å². The van der Waals surface area contributed by atoms with Gasteiger partial charge in [-0.3, -0.25) is 0 Å². The highest BCUT2D eigenvalue weighted by atomic mass is 79.9. The molecule has 1 N–H and O–H groups in total. The normalized spacial score (nSPS) is 13.0. The van der Waals surface area contributed by atoms with E-state index in [4.69, 9.17) is 0 Å². The van der Waals surface area contributed by atoms with Crippen molar-refractivity contribution >= 4 is 49.1 Å². The fourth-order valence-corrected chi connectivity index (χ4v) is 4.66. The van der Waals surface area contributed by atoms with E-state index in [-0.39, 0.29) is 4.83 Å². The van der Waals surface area contributed by atoms with Crippen LogP contribution in [-0.4, -0.2) is 4.98 Å². The van der Waals surface area contributed by atoms with Gasteiger partial charge < -0.3 is 4.98 Å². The number of hydrogen-bond donors (Lipinski definition) is 1. The summed E-state index contributed by atoms with van der Waals surface area (Å²) in [7, 11) is 0. The first-order valence-electron chi connectivity index (χ1n) is 6.91. The van der Waals surface area contributed by atoms with E-state index >= 15 is 0 Å². The Morgan fingerprint density at radius 2 is 1.81 bits per heavy atom. The van der Waals surface area contributed by atoms with Gasteiger partial charge in [0, 0.05) is 21.8 Å². The van der Waals surface area contributed by atoms with Crippen LogP contribution < -0.4 is 0 Å². The summed E-state index contributed by atoms with van der Waals surface area (Å²) in [4.78, 5) is 3.73. The first-order valence-corrected chi connectivity index (χ1v) is 8.77. The Hall–Kier alpha value is -1.58. The van der Waals surface area contributed by atoms with Gasteiger partial charge in [0.2, 0.25) is 0 Å². The van der Waals surface area contributed by atoms with E-state index in [1.807, 2.05) is 0 Å². The summed E-state index contributed by atoms with van der Waals surface area (Å²) < 4.78 is 0. The molecule has 0 saturated carbocycles. The third kappa shape index (κ3) is 2.12. The van der Waals surface area contributed by atoms with Gasteiger partial charge >= 0.3 is 0 Å². The summed E-state index contributed by atoms with van der Waals surface area (Å²) in [6.07, 6.45) is 0. The molecule has 4 rings (SSSR count). The predicted octanol–water partition coefficient (Wildman–Crippen LogP) is 6.18. The molecule has 0 amide bonds. The largest absolute Gasteiger partial charge is 0.355 e. The Kier molecular flexibility index (Phi) is 3.12. The first-order chi connectivity index (χ1) is 10.2. The minimum Gasteiger partial charge on any atom is -0.355 e. The van der Waals surface area contributed by atoms with E-state index in [1.54, 1.807) is 11.3 Å². The summed E-state index contributed by atoms with van der Waals surface area (Å²) in [5, 5.41) is 7.01. The summed E-state index contributed by atoms with van der Waals surface area (Å²) in [5.74, 6) is 0. The van der Waals surface area contributed by atoms with Gasteiger partial charge in [0.15, 0.2) is 0 Å². The van der Waals surface area contributed by atoms with Gasteiger partial charge in [-0.2, -0.15) is 11.3 Å². The Bertz CT molecular complexity index is 935. The van der Waals surface area contributed by atoms with Crippen LogP contribution in [0.25, 0.3) is 21.8 Å². The highest BCUT2D eigenvalue weighted by Crippen LogP contribution is 2.37. The quantitative estimate of drug-likeness (QED) is 0.413. The SMILES string of the molecule is Cc1cscc1C(Br)c1ccc2[nH]c3ccccc3c2c1. The number of alkyl halides is 1. The smallest absolute Gasteiger partial charge is 0.0655 e. The standard InChI is InChI=1S/C18H14BrNS/c1-11-9-21-10-15(11)18(19)12-6-7-17-14(8-12)13-4-2-3-5-16(13)20-17/h2-10,18,20H,1H3. The lowest BCUT2D eigenvalue weighted by Crippen LogP contribution is -1.92. The molecule has 1 atom stereocenters. The molecule has 0 radical (unpaired) electrons. The van der Waals surface area contributed by atoms with Crippen LogP contribution in [-0.2, 0) is 0 Å². The molecule has 1 nitrogen and oxygen atoms in total. The van der Waals surface area contributed by atoms with Crippen LogP contribution >= 0.6 is 27.3 Å². The predicted molar refractivity (Wildman–Crippen MR) is 95.6 cm³/mol. The van der Waals surface area contributed by atoms with Gasteiger partial charge in [0.25, 0.3) is 0 Å². The third-order valence-corrected chi connectivity index (χ3v) is 5.89. The molecule has 0 aliphatic heterocycles. The lowest BCUT2D eigenvalue weighted by molar-refractivity contribution is 1.17. The maximum atomic E-state index is 3.86. The van der Waals surface area contributed by atoms with Gasteiger partial charge in [-0.25, -0.2) is 0 Å². The van der Waals surface area contributed by atoms with Crippen LogP contribution in [0.2, 0.25) is 0 Å². The minimum atomic E-state index is 0.252. The number of nitrogens with one attached hydrogen (secondary N) is 1. The average Bonchev–Trinajstić information content (AvgIpc) is 3.09. The number of hydrogen-bond acceptors (Lipinski definition) is 1. The van der Waals surface area contributed by atoms with Crippen molar-refractivity contribution in [2.45, 2.75) is 11.8 Å². The Labute approximate surface area is 135 Å². The van der Waals surface area contributed by atoms with Gasteiger partial charge in [0.1, 0.15) is 0 Å². The van der Waals surface area contributed by atoms with Crippen molar-refractivity contribution in [2.24, 2.45) is 0 Å². The molecular weight excluding hydrogens is 342 g/mol. The highest BCUT2D eigenvalue weighted by Gasteiger charge is 2.15. The number of fused-ring (bicyclic) bond motifs is 3. The maximum absolute atomic E-state index is 3.86. The zero-order valence-corrected chi connectivity index (χ0v) is 14.0. The van der Waals surface area contributed by atoms with E-state index in [2.05, 4.69) is 81.1 Å². The lowest BCUT2D eigenvalue weighted by Gasteiger charge is -2.10. The monoisotopic (exact) mass is 355 g/mol. The number of rotatable bonds is 2. The van der Waals surface area contributed by atoms with E-state index in [0.29, 0.717) is 0 Å². The maximum Gasteiger partial charge on any atom is 0.0655 e. The molecule has 2 aromatic carbocycles. The van der Waals surface area contributed by atoms with Crippen molar-refractivity contribution in [3.63, 3.8) is 0 Å². The number of para-hydroxylation sites is 1. The molecule has 21 heavy (non-hydrogen) atoms. The molecule has 0 spiro atoms. The zero-order chi connectivity index (χ0) is 14.4. The van der Waals surface area contributed by atoms with Gasteiger partial charge in [-0.05, 0) is 52.6 Å². The molecule has 1 unspecified atom stereocenters. The molecule has 2 heterocycles. The number of aryl methyl sites for hydroxylation is 1. The molecular formula is C18H14BrNS. The topological polar surface area (TPSA) is 15.8 Å². The fraction of sp³-hybridized carbons (Fsp3) is 0.111. The van der Waals surface area contributed by atoms with Crippen molar-refractivity contribution in [1.29, 1.82) is 0 Å². The first kappa shape index (κ1) is 13.1. The van der Waals surface area contributed by atoms with Crippen LogP contribution in [0.3, 0.4) is 0 Å². The molecule has 0 aliphatic rings. The molecule has 0 bridgehead atoms. The number of aromatic nitrogens is 1. The van der Waals surface area contributed by atoms with Crippen LogP contribution in [0.5, 0.6) is 0 Å². The molecule has 0 aliphatic carbocycles.